The minimum atomic E-state index is -0.430. The Labute approximate surface area is 153 Å². The second-order valence-electron chi connectivity index (χ2n) is 5.93. The molecule has 1 N–H and O–H groups in total. The summed E-state index contributed by atoms with van der Waals surface area (Å²) in [5, 5.41) is 2.68. The first-order valence-corrected chi connectivity index (χ1v) is 8.80. The molecule has 1 atom stereocenters. The van der Waals surface area contributed by atoms with Gasteiger partial charge in [0.05, 0.1) is 25.3 Å². The summed E-state index contributed by atoms with van der Waals surface area (Å²) in [6.07, 6.45) is 1.74. The van der Waals surface area contributed by atoms with E-state index in [0.717, 1.165) is 17.7 Å². The van der Waals surface area contributed by atoms with Gasteiger partial charge in [-0.15, -0.1) is 0 Å². The third-order valence-corrected chi connectivity index (χ3v) is 4.02. The van der Waals surface area contributed by atoms with Gasteiger partial charge in [-0.25, -0.2) is 4.79 Å². The Morgan fingerprint density at radius 3 is 2.85 bits per heavy atom. The summed E-state index contributed by atoms with van der Waals surface area (Å²) in [6, 6.07) is 5.18. The van der Waals surface area contributed by atoms with Crippen molar-refractivity contribution >= 4 is 17.6 Å². The van der Waals surface area contributed by atoms with Crippen LogP contribution < -0.4 is 10.1 Å². The molecule has 7 nitrogen and oxygen atoms in total. The van der Waals surface area contributed by atoms with Gasteiger partial charge in [-0.2, -0.15) is 0 Å². The van der Waals surface area contributed by atoms with Crippen LogP contribution in [0.4, 0.5) is 0 Å². The van der Waals surface area contributed by atoms with Crippen molar-refractivity contribution in [2.75, 3.05) is 33.4 Å². The van der Waals surface area contributed by atoms with E-state index in [0.29, 0.717) is 44.0 Å². The Balaban J connectivity index is 2.21. The summed E-state index contributed by atoms with van der Waals surface area (Å²) in [7, 11) is 1.34. The van der Waals surface area contributed by atoms with Crippen molar-refractivity contribution in [2.45, 2.75) is 32.8 Å². The second-order valence-corrected chi connectivity index (χ2v) is 5.93. The molecular weight excluding hydrogens is 336 g/mol. The van der Waals surface area contributed by atoms with Crippen LogP contribution in [-0.2, 0) is 14.3 Å². The summed E-state index contributed by atoms with van der Waals surface area (Å²) >= 11 is 0. The lowest BCUT2D eigenvalue weighted by molar-refractivity contribution is -0.119. The van der Waals surface area contributed by atoms with Crippen LogP contribution in [-0.4, -0.2) is 57.1 Å². The van der Waals surface area contributed by atoms with Crippen LogP contribution in [0.25, 0.3) is 0 Å². The maximum Gasteiger partial charge on any atom is 0.337 e. The highest BCUT2D eigenvalue weighted by molar-refractivity contribution is 6.04. The summed E-state index contributed by atoms with van der Waals surface area (Å²) in [4.78, 5) is 27.4. The highest BCUT2D eigenvalue weighted by atomic mass is 16.5. The van der Waals surface area contributed by atoms with Crippen molar-refractivity contribution in [1.82, 2.24) is 5.32 Å². The van der Waals surface area contributed by atoms with Crippen molar-refractivity contribution in [3.63, 3.8) is 0 Å². The number of hydrogen-bond donors (Lipinski definition) is 1. The lowest BCUT2D eigenvalue weighted by Gasteiger charge is -2.23. The molecule has 1 aromatic carbocycles. The van der Waals surface area contributed by atoms with Crippen molar-refractivity contribution in [2.24, 2.45) is 4.99 Å². The summed E-state index contributed by atoms with van der Waals surface area (Å²) in [6.45, 7) is 5.47. The summed E-state index contributed by atoms with van der Waals surface area (Å²) in [5.74, 6) is 0.00327. The fourth-order valence-corrected chi connectivity index (χ4v) is 2.81. The molecule has 2 rings (SSSR count). The number of carbonyl (C=O) groups excluding carboxylic acids is 2. The number of hydrogen-bond acceptors (Lipinski definition) is 6. The molecule has 0 bridgehead atoms. The highest BCUT2D eigenvalue weighted by Gasteiger charge is 2.21. The van der Waals surface area contributed by atoms with E-state index in [2.05, 4.69) is 10.3 Å². The molecule has 142 valence electrons. The molecule has 1 aromatic rings. The average molecular weight is 362 g/mol. The fraction of sp³-hybridized carbons (Fsp3) is 0.526. The Bertz CT molecular complexity index is 672. The first kappa shape index (κ1) is 19.9. The van der Waals surface area contributed by atoms with Crippen molar-refractivity contribution < 1.29 is 23.8 Å². The number of nitrogens with zero attached hydrogens (tertiary/aromatic N) is 1. The van der Waals surface area contributed by atoms with E-state index >= 15 is 0 Å². The SMILES string of the molecule is CCO[C@H]1CCN=C(c2ccc(C(=O)OC)cc2OCCNC(C)=O)C1. The van der Waals surface area contributed by atoms with Crippen LogP contribution in [0.3, 0.4) is 0 Å². The molecule has 1 amide bonds. The van der Waals surface area contributed by atoms with Crippen molar-refractivity contribution in [3.8, 4) is 5.75 Å². The van der Waals surface area contributed by atoms with Crippen LogP contribution in [0.5, 0.6) is 5.75 Å². The monoisotopic (exact) mass is 362 g/mol. The molecule has 7 heteroatoms. The van der Waals surface area contributed by atoms with E-state index in [1.807, 2.05) is 13.0 Å². The van der Waals surface area contributed by atoms with Gasteiger partial charge in [-0.1, -0.05) is 0 Å². The van der Waals surface area contributed by atoms with E-state index in [-0.39, 0.29) is 12.0 Å². The van der Waals surface area contributed by atoms with Gasteiger partial charge in [0.25, 0.3) is 0 Å². The normalized spacial score (nSPS) is 16.6. The topological polar surface area (TPSA) is 86.2 Å². The minimum absolute atomic E-state index is 0.117. The van der Waals surface area contributed by atoms with E-state index < -0.39 is 5.97 Å². The minimum Gasteiger partial charge on any atom is -0.491 e. The molecule has 0 saturated heterocycles. The number of amides is 1. The van der Waals surface area contributed by atoms with Crippen molar-refractivity contribution in [1.29, 1.82) is 0 Å². The molecule has 0 spiro atoms. The lowest BCUT2D eigenvalue weighted by Crippen LogP contribution is -2.27. The summed E-state index contributed by atoms with van der Waals surface area (Å²) in [5.41, 5.74) is 2.15. The summed E-state index contributed by atoms with van der Waals surface area (Å²) < 4.78 is 16.3. The third kappa shape index (κ3) is 5.56. The van der Waals surface area contributed by atoms with Gasteiger partial charge in [0, 0.05) is 37.8 Å². The molecule has 0 fully saturated rings. The van der Waals surface area contributed by atoms with Crippen LogP contribution in [0.15, 0.2) is 23.2 Å². The van der Waals surface area contributed by atoms with E-state index in [1.54, 1.807) is 12.1 Å². The molecule has 0 saturated carbocycles. The quantitative estimate of drug-likeness (QED) is 0.564. The van der Waals surface area contributed by atoms with E-state index in [9.17, 15) is 9.59 Å². The van der Waals surface area contributed by atoms with Gasteiger partial charge in [0.2, 0.25) is 5.91 Å². The van der Waals surface area contributed by atoms with E-state index in [4.69, 9.17) is 14.2 Å². The second kappa shape index (κ2) is 9.91. The van der Waals surface area contributed by atoms with Gasteiger partial charge in [-0.3, -0.25) is 9.79 Å². The zero-order valence-corrected chi connectivity index (χ0v) is 15.5. The average Bonchev–Trinajstić information content (AvgIpc) is 2.65. The Hall–Kier alpha value is -2.41. The predicted octanol–water partition coefficient (Wildman–Crippen LogP) is 1.98. The lowest BCUT2D eigenvalue weighted by atomic mass is 9.97. The zero-order chi connectivity index (χ0) is 18.9. The van der Waals surface area contributed by atoms with Gasteiger partial charge in [-0.05, 0) is 31.5 Å². The Kier molecular flexibility index (Phi) is 7.59. The first-order chi connectivity index (χ1) is 12.5. The Morgan fingerprint density at radius 1 is 1.35 bits per heavy atom. The smallest absolute Gasteiger partial charge is 0.337 e. The van der Waals surface area contributed by atoms with Crippen LogP contribution >= 0.6 is 0 Å². The molecule has 0 aliphatic carbocycles. The number of carbonyl (C=O) groups is 2. The largest absolute Gasteiger partial charge is 0.491 e. The van der Waals surface area contributed by atoms with Crippen LogP contribution in [0.1, 0.15) is 42.6 Å². The van der Waals surface area contributed by atoms with Gasteiger partial charge in [0.1, 0.15) is 12.4 Å². The standard InChI is InChI=1S/C19H26N2O5/c1-4-25-15-7-8-21-17(12-15)16-6-5-14(19(23)24-3)11-18(16)26-10-9-20-13(2)22/h5-6,11,15H,4,7-10,12H2,1-3H3,(H,20,22)/t15-/m0/s1. The number of aliphatic imine (C=N–C) groups is 1. The number of rotatable bonds is 8. The molecule has 0 unspecified atom stereocenters. The number of nitrogens with one attached hydrogen (secondary N) is 1. The molecule has 1 aliphatic heterocycles. The maximum atomic E-state index is 11.8. The number of benzene rings is 1. The maximum absolute atomic E-state index is 11.8. The fourth-order valence-electron chi connectivity index (χ4n) is 2.81. The highest BCUT2D eigenvalue weighted by Crippen LogP contribution is 2.26. The van der Waals surface area contributed by atoms with Crippen LogP contribution in [0.2, 0.25) is 0 Å². The van der Waals surface area contributed by atoms with Crippen molar-refractivity contribution in [3.05, 3.63) is 29.3 Å². The molecule has 26 heavy (non-hydrogen) atoms. The molecule has 0 aromatic heterocycles. The first-order valence-electron chi connectivity index (χ1n) is 8.80. The Morgan fingerprint density at radius 2 is 2.15 bits per heavy atom. The number of methoxy groups -OCH3 is 1. The number of esters is 1. The molecule has 1 heterocycles. The van der Waals surface area contributed by atoms with Gasteiger partial charge in [0.15, 0.2) is 0 Å². The predicted molar refractivity (Wildman–Crippen MR) is 98.0 cm³/mol. The molecule has 1 aliphatic rings. The molecule has 0 radical (unpaired) electrons. The molecular formula is C19H26N2O5. The third-order valence-electron chi connectivity index (χ3n) is 4.02. The zero-order valence-electron chi connectivity index (χ0n) is 15.5. The van der Waals surface area contributed by atoms with Gasteiger partial charge < -0.3 is 19.5 Å². The van der Waals surface area contributed by atoms with Gasteiger partial charge >= 0.3 is 5.97 Å². The van der Waals surface area contributed by atoms with E-state index in [1.165, 1.54) is 14.0 Å². The number of ether oxygens (including phenoxy) is 3. The van der Waals surface area contributed by atoms with Crippen LogP contribution in [0, 0.1) is 0 Å².